The minimum atomic E-state index is -1.53. The number of fused-ring (bicyclic) bond motifs is 4. The third kappa shape index (κ3) is 2.31. The first-order valence-corrected chi connectivity index (χ1v) is 8.37. The van der Waals surface area contributed by atoms with Crippen LogP contribution < -0.4 is 5.32 Å². The number of carboxylic acids is 1. The Balaban J connectivity index is 1.81. The number of hydrogen-bond donors (Lipinski definition) is 2. The normalized spacial score (nSPS) is 31.1. The van der Waals surface area contributed by atoms with Crippen molar-refractivity contribution in [2.75, 3.05) is 6.54 Å². The van der Waals surface area contributed by atoms with Crippen LogP contribution in [-0.4, -0.2) is 52.4 Å². The van der Waals surface area contributed by atoms with Crippen LogP contribution in [0.3, 0.4) is 0 Å². The maximum atomic E-state index is 14.9. The van der Waals surface area contributed by atoms with E-state index in [9.17, 15) is 19.1 Å². The molecule has 0 aromatic rings. The fourth-order valence-corrected chi connectivity index (χ4v) is 3.77. The van der Waals surface area contributed by atoms with E-state index in [4.69, 9.17) is 4.74 Å². The van der Waals surface area contributed by atoms with Gasteiger partial charge >= 0.3 is 5.97 Å². The maximum Gasteiger partial charge on any atom is 0.359 e. The number of carbonyl (C=O) groups excluding carboxylic acids is 1. The third-order valence-electron chi connectivity index (χ3n) is 4.92. The highest BCUT2D eigenvalue weighted by molar-refractivity contribution is 6.64. The number of piperidine rings is 1. The van der Waals surface area contributed by atoms with E-state index in [-0.39, 0.29) is 11.7 Å². The van der Waals surface area contributed by atoms with Crippen molar-refractivity contribution in [3.05, 3.63) is 35.1 Å². The largest absolute Gasteiger partial charge is 0.476 e. The number of rotatable bonds is 2. The fraction of sp³-hybridized carbons (Fsp3) is 0.471. The second-order valence-electron chi connectivity index (χ2n) is 6.39. The topological polar surface area (TPSA) is 91.2 Å². The Morgan fingerprint density at radius 3 is 3.08 bits per heavy atom. The standard InChI is InChI=1S/C17H18FN3O4/c1-2-10-11-7-25-15-12-8(4-3-5-19-12)6-9(18)14(15)21(11)16(22)13(20-10)17(23)24/h6-7,9-10,12,19H,2-5H2,1H3,(H,23,24). The zero-order valence-corrected chi connectivity index (χ0v) is 13.7. The summed E-state index contributed by atoms with van der Waals surface area (Å²) in [5.41, 5.74) is 0.776. The van der Waals surface area contributed by atoms with Gasteiger partial charge in [0.1, 0.15) is 17.7 Å². The van der Waals surface area contributed by atoms with Crippen molar-refractivity contribution >= 4 is 17.6 Å². The molecule has 3 heterocycles. The van der Waals surface area contributed by atoms with Gasteiger partial charge < -0.3 is 15.2 Å². The number of allylic oxidation sites excluding steroid dienone is 1. The Bertz CT molecular complexity index is 783. The smallest absolute Gasteiger partial charge is 0.359 e. The fourth-order valence-electron chi connectivity index (χ4n) is 3.77. The van der Waals surface area contributed by atoms with Gasteiger partial charge in [0.25, 0.3) is 5.91 Å². The number of carbonyl (C=O) groups is 2. The molecular weight excluding hydrogens is 329 g/mol. The van der Waals surface area contributed by atoms with Crippen LogP contribution in [0.25, 0.3) is 0 Å². The highest BCUT2D eigenvalue weighted by atomic mass is 19.1. The van der Waals surface area contributed by atoms with Crippen molar-refractivity contribution in [2.45, 2.75) is 44.4 Å². The number of halogens is 1. The first-order valence-electron chi connectivity index (χ1n) is 8.37. The lowest BCUT2D eigenvalue weighted by atomic mass is 9.87. The number of amides is 1. The van der Waals surface area contributed by atoms with Gasteiger partial charge in [-0.25, -0.2) is 9.18 Å². The summed E-state index contributed by atoms with van der Waals surface area (Å²) < 4.78 is 20.7. The van der Waals surface area contributed by atoms with Gasteiger partial charge in [0.15, 0.2) is 6.17 Å². The molecule has 0 aromatic heterocycles. The van der Waals surface area contributed by atoms with E-state index in [1.165, 1.54) is 12.3 Å². The summed E-state index contributed by atoms with van der Waals surface area (Å²) in [6.45, 7) is 2.59. The highest BCUT2D eigenvalue weighted by Crippen LogP contribution is 2.40. The van der Waals surface area contributed by atoms with Gasteiger partial charge in [-0.1, -0.05) is 6.92 Å². The Morgan fingerprint density at radius 2 is 2.36 bits per heavy atom. The maximum absolute atomic E-state index is 14.9. The lowest BCUT2D eigenvalue weighted by Crippen LogP contribution is -2.52. The average Bonchev–Trinajstić information content (AvgIpc) is 2.61. The molecule has 1 fully saturated rings. The number of aliphatic carboxylic acids is 1. The van der Waals surface area contributed by atoms with Crippen molar-refractivity contribution < 1.29 is 23.8 Å². The van der Waals surface area contributed by atoms with Crippen LogP contribution >= 0.6 is 0 Å². The Hall–Kier alpha value is -2.48. The number of alkyl halides is 1. The summed E-state index contributed by atoms with van der Waals surface area (Å²) in [5.74, 6) is -1.90. The lowest BCUT2D eigenvalue weighted by molar-refractivity contribution is -0.132. The quantitative estimate of drug-likeness (QED) is 0.734. The second-order valence-corrected chi connectivity index (χ2v) is 6.39. The third-order valence-corrected chi connectivity index (χ3v) is 4.92. The zero-order valence-electron chi connectivity index (χ0n) is 13.7. The predicted molar refractivity (Wildman–Crippen MR) is 86.2 cm³/mol. The number of ether oxygens (including phenoxy) is 1. The molecule has 0 spiro atoms. The molecule has 1 saturated heterocycles. The van der Waals surface area contributed by atoms with Crippen LogP contribution in [0.5, 0.6) is 0 Å². The van der Waals surface area contributed by atoms with Crippen LogP contribution in [0.2, 0.25) is 0 Å². The number of nitrogens with zero attached hydrogens (tertiary/aromatic N) is 2. The number of carboxylic acid groups (broad SMARTS) is 1. The van der Waals surface area contributed by atoms with Gasteiger partial charge in [-0.15, -0.1) is 0 Å². The van der Waals surface area contributed by atoms with E-state index < -0.39 is 29.8 Å². The first-order chi connectivity index (χ1) is 12.0. The van der Waals surface area contributed by atoms with Crippen molar-refractivity contribution in [1.82, 2.24) is 10.2 Å². The van der Waals surface area contributed by atoms with Crippen LogP contribution in [0, 0.1) is 0 Å². The molecule has 1 aliphatic carbocycles. The van der Waals surface area contributed by atoms with Gasteiger partial charge in [0, 0.05) is 0 Å². The van der Waals surface area contributed by atoms with Crippen molar-refractivity contribution in [3.63, 3.8) is 0 Å². The van der Waals surface area contributed by atoms with Crippen LogP contribution in [0.1, 0.15) is 26.2 Å². The van der Waals surface area contributed by atoms with Gasteiger partial charge in [0.2, 0.25) is 5.71 Å². The molecule has 3 atom stereocenters. The molecule has 0 radical (unpaired) electrons. The molecule has 132 valence electrons. The Kier molecular flexibility index (Phi) is 3.72. The molecule has 8 heteroatoms. The molecule has 0 aromatic carbocycles. The van der Waals surface area contributed by atoms with Crippen LogP contribution in [-0.2, 0) is 14.3 Å². The number of nitrogens with one attached hydrogen (secondary N) is 1. The number of hydrogen-bond acceptors (Lipinski definition) is 5. The van der Waals surface area contributed by atoms with Gasteiger partial charge in [0.05, 0.1) is 17.8 Å². The summed E-state index contributed by atoms with van der Waals surface area (Å²) >= 11 is 0. The molecule has 7 nitrogen and oxygen atoms in total. The molecule has 25 heavy (non-hydrogen) atoms. The molecule has 4 aliphatic rings. The minimum Gasteiger partial charge on any atom is -0.476 e. The van der Waals surface area contributed by atoms with Crippen LogP contribution in [0.15, 0.2) is 40.1 Å². The summed E-state index contributed by atoms with van der Waals surface area (Å²) in [5, 5.41) is 12.6. The molecule has 1 amide bonds. The molecule has 3 aliphatic heterocycles. The van der Waals surface area contributed by atoms with Crippen molar-refractivity contribution in [1.29, 1.82) is 0 Å². The van der Waals surface area contributed by atoms with Gasteiger partial charge in [-0.3, -0.25) is 14.7 Å². The van der Waals surface area contributed by atoms with Crippen molar-refractivity contribution in [3.8, 4) is 0 Å². The second kappa shape index (κ2) is 5.80. The van der Waals surface area contributed by atoms with Gasteiger partial charge in [-0.2, -0.15) is 0 Å². The number of aliphatic imine (C=N–C) groups is 1. The molecule has 3 unspecified atom stereocenters. The lowest BCUT2D eigenvalue weighted by Gasteiger charge is -2.42. The zero-order chi connectivity index (χ0) is 17.7. The molecule has 4 rings (SSSR count). The van der Waals surface area contributed by atoms with E-state index in [1.807, 2.05) is 6.92 Å². The van der Waals surface area contributed by atoms with E-state index in [1.54, 1.807) is 0 Å². The van der Waals surface area contributed by atoms with E-state index in [2.05, 4.69) is 10.3 Å². The predicted octanol–water partition coefficient (Wildman–Crippen LogP) is 1.25. The summed E-state index contributed by atoms with van der Waals surface area (Å²) in [6, 6.07) is -0.844. The summed E-state index contributed by atoms with van der Waals surface area (Å²) in [6.07, 6.45) is 3.52. The molecule has 0 bridgehead atoms. The van der Waals surface area contributed by atoms with Gasteiger partial charge in [-0.05, 0) is 37.5 Å². The molecular formula is C17H18FN3O4. The van der Waals surface area contributed by atoms with E-state index in [0.717, 1.165) is 29.9 Å². The average molecular weight is 347 g/mol. The monoisotopic (exact) mass is 347 g/mol. The first kappa shape index (κ1) is 16.0. The SMILES string of the molecule is CCC1N=C(C(=O)O)C(=O)N2C1=COC1=C2C(F)C=C2CCCNC21. The summed E-state index contributed by atoms with van der Waals surface area (Å²) in [4.78, 5) is 29.3. The van der Waals surface area contributed by atoms with E-state index >= 15 is 0 Å². The highest BCUT2D eigenvalue weighted by Gasteiger charge is 2.46. The Morgan fingerprint density at radius 1 is 1.56 bits per heavy atom. The molecule has 0 saturated carbocycles. The van der Waals surface area contributed by atoms with E-state index in [0.29, 0.717) is 17.9 Å². The minimum absolute atomic E-state index is 0.0674. The van der Waals surface area contributed by atoms with Crippen molar-refractivity contribution in [2.24, 2.45) is 4.99 Å². The van der Waals surface area contributed by atoms with Crippen LogP contribution in [0.4, 0.5) is 4.39 Å². The Labute approximate surface area is 143 Å². The summed E-state index contributed by atoms with van der Waals surface area (Å²) in [7, 11) is 0. The molecule has 2 N–H and O–H groups in total.